The molecule has 0 atom stereocenters. The fourth-order valence-electron chi connectivity index (χ4n) is 0.652. The Morgan fingerprint density at radius 3 is 2.82 bits per heavy atom. The molecule has 11 heavy (non-hydrogen) atoms. The molecule has 0 radical (unpaired) electrons. The van der Waals surface area contributed by atoms with Crippen LogP contribution in [0, 0.1) is 21.9 Å². The predicted octanol–water partition coefficient (Wildman–Crippen LogP) is 0.629. The molecule has 0 fully saturated rings. The van der Waals surface area contributed by atoms with Gasteiger partial charge in [-0.25, -0.2) is 4.98 Å². The van der Waals surface area contributed by atoms with E-state index in [1.165, 1.54) is 6.92 Å². The van der Waals surface area contributed by atoms with Crippen molar-refractivity contribution in [2.75, 3.05) is 0 Å². The van der Waals surface area contributed by atoms with Gasteiger partial charge in [0.1, 0.15) is 6.20 Å². The van der Waals surface area contributed by atoms with Gasteiger partial charge in [0.15, 0.2) is 5.29 Å². The zero-order valence-corrected chi connectivity index (χ0v) is 5.59. The molecule has 0 amide bonds. The molecule has 1 aromatic heterocycles. The maximum atomic E-state index is 10.1. The van der Waals surface area contributed by atoms with Crippen molar-refractivity contribution in [2.24, 2.45) is 5.29 Å². The van der Waals surface area contributed by atoms with E-state index in [4.69, 9.17) is 0 Å². The number of rotatable bonds is 2. The maximum Gasteiger partial charge on any atom is 0.370 e. The smallest absolute Gasteiger partial charge is 0.358 e. The molecule has 0 aliphatic rings. The third-order valence-corrected chi connectivity index (χ3v) is 1.16. The second-order valence-corrected chi connectivity index (χ2v) is 1.81. The lowest BCUT2D eigenvalue weighted by atomic mass is 10.7. The average molecular weight is 156 g/mol. The first-order chi connectivity index (χ1) is 5.16. The Balaban J connectivity index is 3.26. The zero-order chi connectivity index (χ0) is 8.43. The molecule has 58 valence electrons. The van der Waals surface area contributed by atoms with Gasteiger partial charge in [-0.3, -0.25) is 0 Å². The number of nitroso groups, excluding NO2 is 1. The van der Waals surface area contributed by atoms with Crippen LogP contribution in [-0.2, 0) is 0 Å². The van der Waals surface area contributed by atoms with Crippen LogP contribution in [0.3, 0.4) is 0 Å². The molecule has 0 unspecified atom stereocenters. The van der Waals surface area contributed by atoms with Gasteiger partial charge in [0.25, 0.3) is 0 Å². The summed E-state index contributed by atoms with van der Waals surface area (Å²) >= 11 is 0. The van der Waals surface area contributed by atoms with Crippen molar-refractivity contribution in [1.29, 1.82) is 0 Å². The largest absolute Gasteiger partial charge is 0.370 e. The Morgan fingerprint density at radius 2 is 2.45 bits per heavy atom. The molecule has 0 spiro atoms. The second kappa shape index (κ2) is 2.45. The van der Waals surface area contributed by atoms with Crippen LogP contribution in [0.25, 0.3) is 0 Å². The molecule has 0 N–H and O–H groups in total. The minimum atomic E-state index is -0.721. The zero-order valence-electron chi connectivity index (χ0n) is 5.59. The second-order valence-electron chi connectivity index (χ2n) is 1.81. The molecule has 1 heterocycles. The van der Waals surface area contributed by atoms with Crippen LogP contribution in [0.1, 0.15) is 5.82 Å². The van der Waals surface area contributed by atoms with Crippen molar-refractivity contribution in [3.05, 3.63) is 27.0 Å². The van der Waals surface area contributed by atoms with Crippen LogP contribution >= 0.6 is 0 Å². The molecule has 0 aliphatic carbocycles. The van der Waals surface area contributed by atoms with Crippen molar-refractivity contribution in [2.45, 2.75) is 6.92 Å². The van der Waals surface area contributed by atoms with E-state index < -0.39 is 10.7 Å². The van der Waals surface area contributed by atoms with Crippen LogP contribution in [-0.4, -0.2) is 14.6 Å². The summed E-state index contributed by atoms with van der Waals surface area (Å²) in [7, 11) is 0. The monoisotopic (exact) mass is 156 g/mol. The van der Waals surface area contributed by atoms with Gasteiger partial charge in [-0.15, -0.1) is 4.91 Å². The highest BCUT2D eigenvalue weighted by Gasteiger charge is 2.17. The van der Waals surface area contributed by atoms with Crippen molar-refractivity contribution in [3.63, 3.8) is 0 Å². The summed E-state index contributed by atoms with van der Waals surface area (Å²) in [6.07, 6.45) is 0.983. The number of hydrogen-bond donors (Lipinski definition) is 0. The predicted molar refractivity (Wildman–Crippen MR) is 34.8 cm³/mol. The van der Waals surface area contributed by atoms with Crippen molar-refractivity contribution in [3.8, 4) is 0 Å². The first kappa shape index (κ1) is 7.32. The normalized spacial score (nSPS) is 9.55. The molecular formula is C4H4N4O3. The molecule has 0 saturated heterocycles. The van der Waals surface area contributed by atoms with Gasteiger partial charge in [0.05, 0.1) is 0 Å². The third-order valence-electron chi connectivity index (χ3n) is 1.16. The number of aryl methyl sites for hydroxylation is 1. The molecule has 7 nitrogen and oxygen atoms in total. The Bertz CT molecular complexity index is 304. The molecule has 0 bridgehead atoms. The van der Waals surface area contributed by atoms with Gasteiger partial charge in [-0.05, 0) is 9.60 Å². The summed E-state index contributed by atoms with van der Waals surface area (Å²) in [5, 5.41) is 12.6. The molecule has 0 aliphatic heterocycles. The number of hydrogen-bond acceptors (Lipinski definition) is 5. The lowest BCUT2D eigenvalue weighted by Gasteiger charge is -1.88. The van der Waals surface area contributed by atoms with E-state index in [9.17, 15) is 15.0 Å². The summed E-state index contributed by atoms with van der Waals surface area (Å²) in [4.78, 5) is 22.9. The topological polar surface area (TPSA) is 90.4 Å². The van der Waals surface area contributed by atoms with Crippen LogP contribution in [0.2, 0.25) is 0 Å². The van der Waals surface area contributed by atoms with Gasteiger partial charge in [0.2, 0.25) is 5.82 Å². The van der Waals surface area contributed by atoms with Crippen LogP contribution in [0.5, 0.6) is 0 Å². The molecular weight excluding hydrogens is 152 g/mol. The molecule has 0 aromatic carbocycles. The van der Waals surface area contributed by atoms with Gasteiger partial charge in [-0.1, -0.05) is 0 Å². The lowest BCUT2D eigenvalue weighted by Crippen LogP contribution is -1.97. The maximum absolute atomic E-state index is 10.1. The molecule has 1 aromatic rings. The van der Waals surface area contributed by atoms with E-state index in [-0.39, 0.29) is 5.82 Å². The van der Waals surface area contributed by atoms with E-state index >= 15 is 0 Å². The SMILES string of the molecule is Cc1ncc([N+](=O)[O-])n1N=O. The van der Waals surface area contributed by atoms with E-state index in [1.54, 1.807) is 0 Å². The van der Waals surface area contributed by atoms with E-state index in [1.807, 2.05) is 0 Å². The summed E-state index contributed by atoms with van der Waals surface area (Å²) in [6.45, 7) is 1.45. The molecule has 1 rings (SSSR count). The highest BCUT2D eigenvalue weighted by Crippen LogP contribution is 2.11. The van der Waals surface area contributed by atoms with E-state index in [2.05, 4.69) is 10.3 Å². The Kier molecular flexibility index (Phi) is 1.63. The van der Waals surface area contributed by atoms with Crippen LogP contribution in [0.4, 0.5) is 5.82 Å². The Labute approximate surface area is 60.8 Å². The fourth-order valence-corrected chi connectivity index (χ4v) is 0.652. The van der Waals surface area contributed by atoms with Crippen molar-refractivity contribution < 1.29 is 4.92 Å². The van der Waals surface area contributed by atoms with Crippen molar-refractivity contribution >= 4 is 5.82 Å². The standard InChI is InChI=1S/C4H4N4O3/c1-3-5-2-4(8(10)11)7(3)6-9/h2H,1H3. The van der Waals surface area contributed by atoms with Crippen LogP contribution in [0.15, 0.2) is 11.5 Å². The fraction of sp³-hybridized carbons (Fsp3) is 0.250. The summed E-state index contributed by atoms with van der Waals surface area (Å²) in [5.41, 5.74) is 0. The van der Waals surface area contributed by atoms with Gasteiger partial charge in [-0.2, -0.15) is 0 Å². The van der Waals surface area contributed by atoms with E-state index in [0.717, 1.165) is 6.20 Å². The van der Waals surface area contributed by atoms with Crippen LogP contribution < -0.4 is 0 Å². The Hall–Kier alpha value is -1.79. The first-order valence-corrected chi connectivity index (χ1v) is 2.69. The first-order valence-electron chi connectivity index (χ1n) is 2.69. The lowest BCUT2D eigenvalue weighted by molar-refractivity contribution is -0.392. The third kappa shape index (κ3) is 1.07. The molecule has 7 heteroatoms. The quantitative estimate of drug-likeness (QED) is 0.356. The minimum absolute atomic E-state index is 0.201. The highest BCUT2D eigenvalue weighted by molar-refractivity contribution is 5.17. The minimum Gasteiger partial charge on any atom is -0.358 e. The van der Waals surface area contributed by atoms with Gasteiger partial charge < -0.3 is 10.1 Å². The van der Waals surface area contributed by atoms with Crippen molar-refractivity contribution in [1.82, 2.24) is 9.66 Å². The van der Waals surface area contributed by atoms with Gasteiger partial charge >= 0.3 is 5.82 Å². The highest BCUT2D eigenvalue weighted by atomic mass is 16.6. The molecule has 0 saturated carbocycles. The summed E-state index contributed by atoms with van der Waals surface area (Å²) < 4.78 is 0.625. The number of imidazole rings is 1. The average Bonchev–Trinajstić information content (AvgIpc) is 2.30. The summed E-state index contributed by atoms with van der Waals surface area (Å²) in [6, 6.07) is 0. The number of nitrogens with zero attached hydrogens (tertiary/aromatic N) is 4. The Morgan fingerprint density at radius 1 is 1.82 bits per heavy atom. The van der Waals surface area contributed by atoms with E-state index in [0.29, 0.717) is 4.68 Å². The number of nitro groups is 1. The van der Waals surface area contributed by atoms with Gasteiger partial charge in [0, 0.05) is 6.92 Å². The number of aromatic nitrogens is 2. The summed E-state index contributed by atoms with van der Waals surface area (Å²) in [5.74, 6) is -0.218.